The Labute approximate surface area is 139 Å². The Morgan fingerprint density at radius 3 is 2.78 bits per heavy atom. The Morgan fingerprint density at radius 1 is 1.26 bits per heavy atom. The topological polar surface area (TPSA) is 54.9 Å². The first-order valence-corrected chi connectivity index (χ1v) is 8.38. The fourth-order valence-corrected chi connectivity index (χ4v) is 2.38. The highest BCUT2D eigenvalue weighted by atomic mass is 16.5. The van der Waals surface area contributed by atoms with Gasteiger partial charge in [-0.15, -0.1) is 0 Å². The van der Waals surface area contributed by atoms with Gasteiger partial charge in [-0.1, -0.05) is 25.0 Å². The molecule has 5 heteroatoms. The third-order valence-electron chi connectivity index (χ3n) is 3.98. The van der Waals surface area contributed by atoms with Gasteiger partial charge in [-0.25, -0.2) is 0 Å². The van der Waals surface area contributed by atoms with Crippen LogP contribution in [0.4, 0.5) is 0 Å². The molecule has 1 saturated carbocycles. The van der Waals surface area contributed by atoms with E-state index in [1.807, 2.05) is 0 Å². The van der Waals surface area contributed by atoms with Crippen molar-refractivity contribution in [1.82, 2.24) is 10.6 Å². The maximum Gasteiger partial charge on any atom is 0.191 e. The molecule has 0 aromatic heterocycles. The largest absolute Gasteiger partial charge is 0.491 e. The molecule has 1 aliphatic rings. The summed E-state index contributed by atoms with van der Waals surface area (Å²) in [5, 5.41) is 6.73. The Kier molecular flexibility index (Phi) is 7.20. The monoisotopic (exact) mass is 319 g/mol. The molecule has 0 spiro atoms. The van der Waals surface area contributed by atoms with Crippen molar-refractivity contribution in [1.29, 1.82) is 0 Å². The lowest BCUT2D eigenvalue weighted by atomic mass is 10.1. The third-order valence-corrected chi connectivity index (χ3v) is 3.98. The summed E-state index contributed by atoms with van der Waals surface area (Å²) in [7, 11) is 3.48. The highest BCUT2D eigenvalue weighted by molar-refractivity contribution is 5.79. The predicted octanol–water partition coefficient (Wildman–Crippen LogP) is 2.49. The van der Waals surface area contributed by atoms with Crippen molar-refractivity contribution in [2.75, 3.05) is 33.9 Å². The van der Waals surface area contributed by atoms with Gasteiger partial charge in [-0.3, -0.25) is 4.99 Å². The molecule has 2 N–H and O–H groups in total. The Morgan fingerprint density at radius 2 is 2.09 bits per heavy atom. The molecule has 0 aliphatic heterocycles. The standard InChI is InChI=1S/C18H29N3O2/c1-14-4-7-16(17(12-14)23-11-10-22-3)13-21-18(19-2)20-9-8-15-5-6-15/h4,7,12,15H,5-6,8-11,13H2,1-3H3,(H2,19,20,21). The summed E-state index contributed by atoms with van der Waals surface area (Å²) in [6.07, 6.45) is 4.01. The number of nitrogens with one attached hydrogen (secondary N) is 2. The average molecular weight is 319 g/mol. The molecule has 0 radical (unpaired) electrons. The molecule has 0 heterocycles. The lowest BCUT2D eigenvalue weighted by Gasteiger charge is -2.15. The van der Waals surface area contributed by atoms with Crippen LogP contribution < -0.4 is 15.4 Å². The van der Waals surface area contributed by atoms with Gasteiger partial charge in [0.15, 0.2) is 5.96 Å². The number of aliphatic imine (C=N–C) groups is 1. The summed E-state index contributed by atoms with van der Waals surface area (Å²) in [6, 6.07) is 6.27. The van der Waals surface area contributed by atoms with Crippen LogP contribution in [0.15, 0.2) is 23.2 Å². The van der Waals surface area contributed by atoms with Crippen molar-refractivity contribution in [2.24, 2.45) is 10.9 Å². The minimum atomic E-state index is 0.557. The van der Waals surface area contributed by atoms with Crippen LogP contribution in [0.2, 0.25) is 0 Å². The third kappa shape index (κ3) is 6.48. The van der Waals surface area contributed by atoms with Crippen molar-refractivity contribution < 1.29 is 9.47 Å². The first kappa shape index (κ1) is 17.6. The maximum atomic E-state index is 5.82. The van der Waals surface area contributed by atoms with Crippen LogP contribution in [0.3, 0.4) is 0 Å². The molecule has 1 fully saturated rings. The summed E-state index contributed by atoms with van der Waals surface area (Å²) >= 11 is 0. The number of rotatable bonds is 9. The zero-order valence-corrected chi connectivity index (χ0v) is 14.5. The lowest BCUT2D eigenvalue weighted by Crippen LogP contribution is -2.37. The van der Waals surface area contributed by atoms with Gasteiger partial charge < -0.3 is 20.1 Å². The fraction of sp³-hybridized carbons (Fsp3) is 0.611. The lowest BCUT2D eigenvalue weighted by molar-refractivity contribution is 0.145. The van der Waals surface area contributed by atoms with Crippen molar-refractivity contribution in [3.8, 4) is 5.75 Å². The van der Waals surface area contributed by atoms with Crippen molar-refractivity contribution in [3.63, 3.8) is 0 Å². The number of hydrogen-bond acceptors (Lipinski definition) is 3. The first-order valence-electron chi connectivity index (χ1n) is 8.38. The first-order chi connectivity index (χ1) is 11.2. The molecule has 128 valence electrons. The van der Waals surface area contributed by atoms with Gasteiger partial charge in [0.25, 0.3) is 0 Å². The zero-order chi connectivity index (χ0) is 16.5. The molecule has 1 aliphatic carbocycles. The van der Waals surface area contributed by atoms with Crippen LogP contribution in [0.5, 0.6) is 5.75 Å². The van der Waals surface area contributed by atoms with Crippen molar-refractivity contribution in [3.05, 3.63) is 29.3 Å². The van der Waals surface area contributed by atoms with Crippen LogP contribution in [0.25, 0.3) is 0 Å². The molecule has 0 bridgehead atoms. The van der Waals surface area contributed by atoms with Crippen LogP contribution in [-0.2, 0) is 11.3 Å². The van der Waals surface area contributed by atoms with E-state index in [-0.39, 0.29) is 0 Å². The second-order valence-corrected chi connectivity index (χ2v) is 6.04. The molecule has 1 aromatic rings. The summed E-state index contributed by atoms with van der Waals surface area (Å²) in [4.78, 5) is 4.28. The van der Waals surface area contributed by atoms with E-state index in [0.717, 1.165) is 29.7 Å². The minimum absolute atomic E-state index is 0.557. The zero-order valence-electron chi connectivity index (χ0n) is 14.5. The molecule has 0 unspecified atom stereocenters. The Hall–Kier alpha value is -1.75. The number of guanidine groups is 1. The average Bonchev–Trinajstić information content (AvgIpc) is 3.36. The number of benzene rings is 1. The predicted molar refractivity (Wildman–Crippen MR) is 94.1 cm³/mol. The molecule has 23 heavy (non-hydrogen) atoms. The molecule has 5 nitrogen and oxygen atoms in total. The smallest absolute Gasteiger partial charge is 0.191 e. The molecule has 1 aromatic carbocycles. The Bertz CT molecular complexity index is 513. The van der Waals surface area contributed by atoms with Crippen LogP contribution in [0.1, 0.15) is 30.4 Å². The van der Waals surface area contributed by atoms with Gasteiger partial charge >= 0.3 is 0 Å². The van der Waals surface area contributed by atoms with Gasteiger partial charge in [0.1, 0.15) is 12.4 Å². The second kappa shape index (κ2) is 9.40. The molecular formula is C18H29N3O2. The number of hydrogen-bond donors (Lipinski definition) is 2. The molecule has 0 atom stereocenters. The number of ether oxygens (including phenoxy) is 2. The molecule has 2 rings (SSSR count). The van der Waals surface area contributed by atoms with E-state index in [4.69, 9.17) is 9.47 Å². The van der Waals surface area contributed by atoms with E-state index in [1.165, 1.54) is 24.8 Å². The minimum Gasteiger partial charge on any atom is -0.491 e. The number of nitrogens with zero attached hydrogens (tertiary/aromatic N) is 1. The van der Waals surface area contributed by atoms with Gasteiger partial charge in [-0.05, 0) is 30.9 Å². The number of aryl methyl sites for hydroxylation is 1. The highest BCUT2D eigenvalue weighted by Crippen LogP contribution is 2.31. The summed E-state index contributed by atoms with van der Waals surface area (Å²) in [6.45, 7) is 4.88. The van der Waals surface area contributed by atoms with Gasteiger partial charge in [0.2, 0.25) is 0 Å². The van der Waals surface area contributed by atoms with E-state index >= 15 is 0 Å². The van der Waals surface area contributed by atoms with Crippen LogP contribution in [-0.4, -0.2) is 39.9 Å². The quantitative estimate of drug-likeness (QED) is 0.417. The van der Waals surface area contributed by atoms with Gasteiger partial charge in [0.05, 0.1) is 6.61 Å². The summed E-state index contributed by atoms with van der Waals surface area (Å²) in [5.74, 6) is 2.68. The van der Waals surface area contributed by atoms with Crippen molar-refractivity contribution >= 4 is 5.96 Å². The SMILES string of the molecule is CN=C(NCCC1CC1)NCc1ccc(C)cc1OCCOC. The molecule has 0 saturated heterocycles. The summed E-state index contributed by atoms with van der Waals surface area (Å²) < 4.78 is 10.9. The fourth-order valence-electron chi connectivity index (χ4n) is 2.38. The molecule has 0 amide bonds. The van der Waals surface area contributed by atoms with Crippen LogP contribution in [0, 0.1) is 12.8 Å². The number of methoxy groups -OCH3 is 1. The Balaban J connectivity index is 1.84. The highest BCUT2D eigenvalue weighted by Gasteiger charge is 2.20. The maximum absolute atomic E-state index is 5.82. The van der Waals surface area contributed by atoms with Crippen molar-refractivity contribution in [2.45, 2.75) is 32.7 Å². The summed E-state index contributed by atoms with van der Waals surface area (Å²) in [5.41, 5.74) is 2.31. The van der Waals surface area contributed by atoms with Crippen LogP contribution >= 0.6 is 0 Å². The second-order valence-electron chi connectivity index (χ2n) is 6.04. The van der Waals surface area contributed by atoms with Gasteiger partial charge in [0, 0.05) is 32.8 Å². The van der Waals surface area contributed by atoms with E-state index in [0.29, 0.717) is 19.8 Å². The van der Waals surface area contributed by atoms with E-state index < -0.39 is 0 Å². The normalized spacial score (nSPS) is 14.7. The molecular weight excluding hydrogens is 290 g/mol. The van der Waals surface area contributed by atoms with E-state index in [9.17, 15) is 0 Å². The van der Waals surface area contributed by atoms with Gasteiger partial charge in [-0.2, -0.15) is 0 Å². The van der Waals surface area contributed by atoms with E-state index in [2.05, 4.69) is 40.7 Å². The van der Waals surface area contributed by atoms with E-state index in [1.54, 1.807) is 14.2 Å².